The molecule has 0 atom stereocenters. The maximum atomic E-state index is 12.0. The van der Waals surface area contributed by atoms with Crippen LogP contribution >= 0.6 is 0 Å². The van der Waals surface area contributed by atoms with E-state index >= 15 is 0 Å². The third-order valence-corrected chi connectivity index (χ3v) is 6.11. The molecule has 0 unspecified atom stereocenters. The Bertz CT molecular complexity index is 1070. The average molecular weight is 438 g/mol. The monoisotopic (exact) mass is 437 g/mol. The molecule has 4 heterocycles. The molecule has 2 saturated heterocycles. The molecule has 9 heteroatoms. The van der Waals surface area contributed by atoms with Crippen LogP contribution in [0, 0.1) is 6.92 Å². The fraction of sp³-hybridized carbons (Fsp3) is 0.478. The molecular weight excluding hydrogens is 406 g/mol. The first-order valence-electron chi connectivity index (χ1n) is 11.2. The van der Waals surface area contributed by atoms with E-state index in [0.29, 0.717) is 36.5 Å². The zero-order valence-electron chi connectivity index (χ0n) is 18.8. The van der Waals surface area contributed by atoms with Gasteiger partial charge in [-0.15, -0.1) is 0 Å². The van der Waals surface area contributed by atoms with Gasteiger partial charge in [0, 0.05) is 69.2 Å². The average Bonchev–Trinajstić information content (AvgIpc) is 3.20. The van der Waals surface area contributed by atoms with Crippen molar-refractivity contribution in [2.45, 2.75) is 33.1 Å². The molecule has 2 aliphatic heterocycles. The van der Waals surface area contributed by atoms with Gasteiger partial charge in [0.25, 0.3) is 5.56 Å². The minimum absolute atomic E-state index is 0.112. The molecule has 0 bridgehead atoms. The smallest absolute Gasteiger partial charge is 0.254 e. The lowest BCUT2D eigenvalue weighted by Gasteiger charge is -2.36. The van der Waals surface area contributed by atoms with Gasteiger partial charge in [0.05, 0.1) is 11.4 Å². The van der Waals surface area contributed by atoms with Crippen molar-refractivity contribution in [1.29, 1.82) is 0 Å². The van der Waals surface area contributed by atoms with Crippen molar-refractivity contribution in [2.24, 2.45) is 5.73 Å². The Kier molecular flexibility index (Phi) is 6.55. The van der Waals surface area contributed by atoms with Gasteiger partial charge in [-0.25, -0.2) is 9.97 Å². The number of nitrogens with two attached hydrogens (primary N) is 1. The van der Waals surface area contributed by atoms with Crippen LogP contribution in [0.4, 0.5) is 11.5 Å². The van der Waals surface area contributed by atoms with Gasteiger partial charge in [-0.2, -0.15) is 0 Å². The minimum atomic E-state index is -0.112. The number of aromatic nitrogens is 3. The minimum Gasteiger partial charge on any atom is -0.401 e. The van der Waals surface area contributed by atoms with Crippen LogP contribution in [0.2, 0.25) is 0 Å². The summed E-state index contributed by atoms with van der Waals surface area (Å²) >= 11 is 0. The highest BCUT2D eigenvalue weighted by atomic mass is 16.2. The SMILES string of the molecule is CCc1cnc(/C=C(\N)CN2CCN(c3ccc(N4CCCC4=O)nc3C)CC2)[nH]c1=O. The number of carbonyl (C=O) groups is 1. The molecule has 4 rings (SSSR count). The summed E-state index contributed by atoms with van der Waals surface area (Å²) in [7, 11) is 0. The quantitative estimate of drug-likeness (QED) is 0.700. The summed E-state index contributed by atoms with van der Waals surface area (Å²) in [6.07, 6.45) is 5.51. The number of anilines is 2. The first-order valence-corrected chi connectivity index (χ1v) is 11.2. The molecule has 32 heavy (non-hydrogen) atoms. The van der Waals surface area contributed by atoms with Crippen LogP contribution in [0.5, 0.6) is 0 Å². The van der Waals surface area contributed by atoms with Gasteiger partial charge < -0.3 is 15.6 Å². The number of aryl methyl sites for hydroxylation is 2. The standard InChI is InChI=1S/C23H31N7O2/c1-3-17-14-25-20(27-23(17)32)13-18(24)15-28-9-11-29(12-10-28)19-6-7-21(26-16(19)2)30-8-4-5-22(30)31/h6-7,13-14H,3-5,8-12,15,24H2,1-2H3,(H,25,27,32)/b18-13-. The Labute approximate surface area is 187 Å². The van der Waals surface area contributed by atoms with Crippen LogP contribution < -0.4 is 21.1 Å². The van der Waals surface area contributed by atoms with Crippen molar-refractivity contribution >= 4 is 23.5 Å². The van der Waals surface area contributed by atoms with Gasteiger partial charge >= 0.3 is 0 Å². The summed E-state index contributed by atoms with van der Waals surface area (Å²) in [4.78, 5) is 42.1. The zero-order chi connectivity index (χ0) is 22.7. The Morgan fingerprint density at radius 2 is 1.97 bits per heavy atom. The molecule has 2 aromatic rings. The molecule has 0 radical (unpaired) electrons. The molecule has 0 aromatic carbocycles. The summed E-state index contributed by atoms with van der Waals surface area (Å²) in [6, 6.07) is 4.03. The highest BCUT2D eigenvalue weighted by molar-refractivity contribution is 5.94. The van der Waals surface area contributed by atoms with E-state index < -0.39 is 0 Å². The number of pyridine rings is 1. The summed E-state index contributed by atoms with van der Waals surface area (Å²) in [5.74, 6) is 1.40. The lowest BCUT2D eigenvalue weighted by Crippen LogP contribution is -2.47. The molecular formula is C23H31N7O2. The van der Waals surface area contributed by atoms with Crippen LogP contribution in [0.3, 0.4) is 0 Å². The largest absolute Gasteiger partial charge is 0.401 e. The molecule has 2 aliphatic rings. The molecule has 170 valence electrons. The maximum absolute atomic E-state index is 12.0. The number of piperazine rings is 1. The second kappa shape index (κ2) is 9.52. The van der Waals surface area contributed by atoms with Crippen molar-refractivity contribution in [3.8, 4) is 0 Å². The van der Waals surface area contributed by atoms with E-state index in [-0.39, 0.29) is 11.5 Å². The first kappa shape index (κ1) is 22.0. The van der Waals surface area contributed by atoms with Gasteiger partial charge in [-0.05, 0) is 31.9 Å². The van der Waals surface area contributed by atoms with E-state index in [4.69, 9.17) is 10.7 Å². The van der Waals surface area contributed by atoms with E-state index in [1.807, 2.05) is 19.9 Å². The van der Waals surface area contributed by atoms with Gasteiger partial charge in [0.15, 0.2) is 0 Å². The van der Waals surface area contributed by atoms with E-state index in [1.165, 1.54) is 0 Å². The molecule has 0 saturated carbocycles. The lowest BCUT2D eigenvalue weighted by molar-refractivity contribution is -0.117. The Morgan fingerprint density at radius 1 is 1.19 bits per heavy atom. The van der Waals surface area contributed by atoms with Gasteiger partial charge in [-0.1, -0.05) is 6.92 Å². The number of rotatable bonds is 6. The summed E-state index contributed by atoms with van der Waals surface area (Å²) in [5.41, 5.74) is 9.50. The van der Waals surface area contributed by atoms with E-state index in [2.05, 4.69) is 25.8 Å². The van der Waals surface area contributed by atoms with E-state index in [0.717, 1.165) is 56.3 Å². The third kappa shape index (κ3) is 4.83. The second-order valence-electron chi connectivity index (χ2n) is 8.38. The number of carbonyl (C=O) groups excluding carboxylic acids is 1. The van der Waals surface area contributed by atoms with Crippen LogP contribution in [0.25, 0.3) is 6.08 Å². The molecule has 1 amide bonds. The van der Waals surface area contributed by atoms with E-state index in [9.17, 15) is 9.59 Å². The van der Waals surface area contributed by atoms with Crippen LogP contribution in [-0.2, 0) is 11.2 Å². The summed E-state index contributed by atoms with van der Waals surface area (Å²) < 4.78 is 0. The van der Waals surface area contributed by atoms with Gasteiger partial charge in [0.2, 0.25) is 5.91 Å². The van der Waals surface area contributed by atoms with Crippen molar-refractivity contribution < 1.29 is 4.79 Å². The molecule has 2 fully saturated rings. The number of hydrogen-bond donors (Lipinski definition) is 2. The topological polar surface area (TPSA) is 111 Å². The highest BCUT2D eigenvalue weighted by Crippen LogP contribution is 2.26. The first-order chi connectivity index (χ1) is 15.4. The molecule has 0 aliphatic carbocycles. The van der Waals surface area contributed by atoms with Crippen LogP contribution in [0.15, 0.2) is 28.8 Å². The highest BCUT2D eigenvalue weighted by Gasteiger charge is 2.24. The predicted molar refractivity (Wildman–Crippen MR) is 126 cm³/mol. The van der Waals surface area contributed by atoms with Gasteiger partial charge in [0.1, 0.15) is 11.6 Å². The van der Waals surface area contributed by atoms with Crippen molar-refractivity contribution in [3.05, 3.63) is 51.5 Å². The van der Waals surface area contributed by atoms with Crippen molar-refractivity contribution in [2.75, 3.05) is 49.1 Å². The Morgan fingerprint density at radius 3 is 2.59 bits per heavy atom. The number of nitrogens with zero attached hydrogens (tertiary/aromatic N) is 5. The Balaban J connectivity index is 1.34. The van der Waals surface area contributed by atoms with Crippen molar-refractivity contribution in [1.82, 2.24) is 19.9 Å². The maximum Gasteiger partial charge on any atom is 0.254 e. The number of hydrogen-bond acceptors (Lipinski definition) is 7. The zero-order valence-corrected chi connectivity index (χ0v) is 18.8. The Hall–Kier alpha value is -3.20. The number of aromatic amines is 1. The normalized spacial score (nSPS) is 17.9. The fourth-order valence-electron chi connectivity index (χ4n) is 4.30. The predicted octanol–water partition coefficient (Wildman–Crippen LogP) is 1.28. The second-order valence-corrected chi connectivity index (χ2v) is 8.38. The van der Waals surface area contributed by atoms with Crippen molar-refractivity contribution in [3.63, 3.8) is 0 Å². The van der Waals surface area contributed by atoms with Crippen LogP contribution in [-0.4, -0.2) is 65.0 Å². The molecule has 0 spiro atoms. The molecule has 9 nitrogen and oxygen atoms in total. The number of H-pyrrole nitrogens is 1. The van der Waals surface area contributed by atoms with Gasteiger partial charge in [-0.3, -0.25) is 19.4 Å². The summed E-state index contributed by atoms with van der Waals surface area (Å²) in [6.45, 7) is 8.80. The third-order valence-electron chi connectivity index (χ3n) is 6.11. The molecule has 3 N–H and O–H groups in total. The fourth-order valence-corrected chi connectivity index (χ4v) is 4.30. The number of nitrogens with one attached hydrogen (secondary N) is 1. The summed E-state index contributed by atoms with van der Waals surface area (Å²) in [5, 5.41) is 0. The number of amides is 1. The van der Waals surface area contributed by atoms with E-state index in [1.54, 1.807) is 17.2 Å². The van der Waals surface area contributed by atoms with Crippen LogP contribution in [0.1, 0.15) is 36.8 Å². The molecule has 2 aromatic heterocycles. The lowest BCUT2D eigenvalue weighted by atomic mass is 10.2.